The molecule has 2 aromatic carbocycles. The number of ether oxygens (including phenoxy) is 1. The monoisotopic (exact) mass is 395 g/mol. The molecule has 29 heavy (non-hydrogen) atoms. The van der Waals surface area contributed by atoms with Gasteiger partial charge >= 0.3 is 0 Å². The predicted octanol–water partition coefficient (Wildman–Crippen LogP) is 3.14. The van der Waals surface area contributed by atoms with Crippen molar-refractivity contribution in [2.75, 3.05) is 20.2 Å². The SMILES string of the molecule is Cc1cccc(OCCN(C)C(=O)c2nn(-c3ccccc3F)c(C)cc2=O)c1. The van der Waals surface area contributed by atoms with Gasteiger partial charge in [0, 0.05) is 18.8 Å². The van der Waals surface area contributed by atoms with E-state index in [4.69, 9.17) is 4.74 Å². The Morgan fingerprint density at radius 3 is 2.62 bits per heavy atom. The summed E-state index contributed by atoms with van der Waals surface area (Å²) in [7, 11) is 1.57. The van der Waals surface area contributed by atoms with E-state index in [-0.39, 0.29) is 24.5 Å². The van der Waals surface area contributed by atoms with Gasteiger partial charge in [-0.25, -0.2) is 9.07 Å². The van der Waals surface area contributed by atoms with Crippen molar-refractivity contribution >= 4 is 5.91 Å². The number of para-hydroxylation sites is 1. The van der Waals surface area contributed by atoms with Crippen LogP contribution >= 0.6 is 0 Å². The van der Waals surface area contributed by atoms with E-state index in [0.29, 0.717) is 11.4 Å². The summed E-state index contributed by atoms with van der Waals surface area (Å²) in [6.45, 7) is 4.13. The Bertz CT molecular complexity index is 1090. The predicted molar refractivity (Wildman–Crippen MR) is 108 cm³/mol. The summed E-state index contributed by atoms with van der Waals surface area (Å²) in [5.41, 5.74) is 0.902. The molecular formula is C22H22FN3O3. The van der Waals surface area contributed by atoms with E-state index in [1.165, 1.54) is 27.8 Å². The summed E-state index contributed by atoms with van der Waals surface area (Å²) in [5, 5.41) is 4.13. The lowest BCUT2D eigenvalue weighted by molar-refractivity contribution is 0.0764. The number of carbonyl (C=O) groups excluding carboxylic acids is 1. The summed E-state index contributed by atoms with van der Waals surface area (Å²) in [4.78, 5) is 26.4. The van der Waals surface area contributed by atoms with Gasteiger partial charge in [0.15, 0.2) is 5.69 Å². The largest absolute Gasteiger partial charge is 0.492 e. The third-order valence-electron chi connectivity index (χ3n) is 4.42. The van der Waals surface area contributed by atoms with Crippen LogP contribution in [0.2, 0.25) is 0 Å². The zero-order valence-corrected chi connectivity index (χ0v) is 16.6. The number of benzene rings is 2. The van der Waals surface area contributed by atoms with E-state index < -0.39 is 17.2 Å². The lowest BCUT2D eigenvalue weighted by atomic mass is 10.2. The molecule has 0 saturated carbocycles. The summed E-state index contributed by atoms with van der Waals surface area (Å²) >= 11 is 0. The Balaban J connectivity index is 1.77. The number of hydrogen-bond acceptors (Lipinski definition) is 4. The Morgan fingerprint density at radius 1 is 1.14 bits per heavy atom. The molecule has 1 heterocycles. The molecule has 6 nitrogen and oxygen atoms in total. The highest BCUT2D eigenvalue weighted by molar-refractivity contribution is 5.91. The van der Waals surface area contributed by atoms with Crippen LogP contribution in [0.5, 0.6) is 5.75 Å². The smallest absolute Gasteiger partial charge is 0.278 e. The van der Waals surface area contributed by atoms with Crippen molar-refractivity contribution in [1.29, 1.82) is 0 Å². The fourth-order valence-electron chi connectivity index (χ4n) is 2.85. The molecule has 3 rings (SSSR count). The Labute approximate surface area is 168 Å². The average Bonchev–Trinajstić information content (AvgIpc) is 2.68. The molecule has 3 aromatic rings. The molecule has 0 aliphatic rings. The van der Waals surface area contributed by atoms with Crippen LogP contribution in [0.15, 0.2) is 59.4 Å². The zero-order chi connectivity index (χ0) is 21.0. The first-order chi connectivity index (χ1) is 13.9. The minimum Gasteiger partial charge on any atom is -0.492 e. The van der Waals surface area contributed by atoms with Crippen LogP contribution in [0, 0.1) is 19.7 Å². The van der Waals surface area contributed by atoms with Crippen LogP contribution in [-0.4, -0.2) is 40.8 Å². The van der Waals surface area contributed by atoms with Gasteiger partial charge < -0.3 is 9.64 Å². The molecule has 0 aliphatic carbocycles. The summed E-state index contributed by atoms with van der Waals surface area (Å²) in [5.74, 6) is -0.334. The van der Waals surface area contributed by atoms with Crippen LogP contribution in [0.1, 0.15) is 21.7 Å². The van der Waals surface area contributed by atoms with Crippen LogP contribution in [0.25, 0.3) is 5.69 Å². The molecular weight excluding hydrogens is 373 g/mol. The van der Waals surface area contributed by atoms with Gasteiger partial charge in [0.2, 0.25) is 5.43 Å². The number of aromatic nitrogens is 2. The third-order valence-corrected chi connectivity index (χ3v) is 4.42. The van der Waals surface area contributed by atoms with Crippen LogP contribution in [0.3, 0.4) is 0 Å². The Morgan fingerprint density at radius 2 is 1.90 bits per heavy atom. The number of nitrogens with zero attached hydrogens (tertiary/aromatic N) is 3. The maximum Gasteiger partial charge on any atom is 0.278 e. The van der Waals surface area contributed by atoms with E-state index >= 15 is 0 Å². The number of rotatable bonds is 6. The highest BCUT2D eigenvalue weighted by Crippen LogP contribution is 2.14. The van der Waals surface area contributed by atoms with Crippen molar-refractivity contribution in [2.45, 2.75) is 13.8 Å². The summed E-state index contributed by atoms with van der Waals surface area (Å²) in [6.07, 6.45) is 0. The van der Waals surface area contributed by atoms with Crippen molar-refractivity contribution in [3.63, 3.8) is 0 Å². The fraction of sp³-hybridized carbons (Fsp3) is 0.227. The first kappa shape index (κ1) is 20.3. The number of carbonyl (C=O) groups is 1. The molecule has 1 aromatic heterocycles. The highest BCUT2D eigenvalue weighted by atomic mass is 19.1. The van der Waals surface area contributed by atoms with Crippen molar-refractivity contribution in [1.82, 2.24) is 14.7 Å². The maximum atomic E-state index is 14.2. The molecule has 0 spiro atoms. The minimum atomic E-state index is -0.548. The molecule has 0 atom stereocenters. The molecule has 7 heteroatoms. The van der Waals surface area contributed by atoms with Gasteiger partial charge in [0.1, 0.15) is 23.9 Å². The van der Waals surface area contributed by atoms with E-state index in [1.54, 1.807) is 26.1 Å². The van der Waals surface area contributed by atoms with E-state index in [0.717, 1.165) is 5.56 Å². The number of likely N-dealkylation sites (N-methyl/N-ethyl adjacent to an activating group) is 1. The summed E-state index contributed by atoms with van der Waals surface area (Å²) < 4.78 is 21.1. The molecule has 0 N–H and O–H groups in total. The number of halogens is 1. The van der Waals surface area contributed by atoms with Crippen LogP contribution in [0.4, 0.5) is 4.39 Å². The normalized spacial score (nSPS) is 10.6. The van der Waals surface area contributed by atoms with Gasteiger partial charge in [0.25, 0.3) is 5.91 Å². The van der Waals surface area contributed by atoms with Crippen LogP contribution < -0.4 is 10.2 Å². The second-order valence-electron chi connectivity index (χ2n) is 6.75. The molecule has 0 saturated heterocycles. The lowest BCUT2D eigenvalue weighted by Gasteiger charge is -2.18. The molecule has 0 aliphatic heterocycles. The average molecular weight is 395 g/mol. The molecule has 1 amide bonds. The number of hydrogen-bond donors (Lipinski definition) is 0. The molecule has 0 unspecified atom stereocenters. The lowest BCUT2D eigenvalue weighted by Crippen LogP contribution is -2.36. The molecule has 0 radical (unpaired) electrons. The first-order valence-corrected chi connectivity index (χ1v) is 9.17. The topological polar surface area (TPSA) is 64.4 Å². The Hall–Kier alpha value is -3.48. The van der Waals surface area contributed by atoms with Crippen LogP contribution in [-0.2, 0) is 0 Å². The van der Waals surface area contributed by atoms with Gasteiger partial charge in [0.05, 0.1) is 6.54 Å². The van der Waals surface area contributed by atoms with Gasteiger partial charge in [-0.05, 0) is 43.7 Å². The maximum absolute atomic E-state index is 14.2. The van der Waals surface area contributed by atoms with Gasteiger partial charge in [-0.15, -0.1) is 0 Å². The van der Waals surface area contributed by atoms with Gasteiger partial charge in [-0.3, -0.25) is 9.59 Å². The second kappa shape index (κ2) is 8.68. The van der Waals surface area contributed by atoms with E-state index in [2.05, 4.69) is 5.10 Å². The molecule has 0 bridgehead atoms. The molecule has 0 fully saturated rings. The van der Waals surface area contributed by atoms with Gasteiger partial charge in [-0.2, -0.15) is 5.10 Å². The highest BCUT2D eigenvalue weighted by Gasteiger charge is 2.20. The van der Waals surface area contributed by atoms with Gasteiger partial charge in [-0.1, -0.05) is 24.3 Å². The van der Waals surface area contributed by atoms with E-state index in [1.807, 2.05) is 31.2 Å². The standard InChI is InChI=1S/C22H22FN3O3/c1-15-7-6-8-17(13-15)29-12-11-25(3)22(28)21-20(27)14-16(2)26(24-21)19-10-5-4-9-18(19)23/h4-10,13-14H,11-12H2,1-3H3. The van der Waals surface area contributed by atoms with Crippen molar-refractivity contribution in [3.8, 4) is 11.4 Å². The number of aryl methyl sites for hydroxylation is 2. The Kier molecular flexibility index (Phi) is 6.07. The van der Waals surface area contributed by atoms with Crippen molar-refractivity contribution in [2.24, 2.45) is 0 Å². The minimum absolute atomic E-state index is 0.171. The number of amides is 1. The second-order valence-corrected chi connectivity index (χ2v) is 6.75. The van der Waals surface area contributed by atoms with E-state index in [9.17, 15) is 14.0 Å². The van der Waals surface area contributed by atoms with Crippen molar-refractivity contribution < 1.29 is 13.9 Å². The first-order valence-electron chi connectivity index (χ1n) is 9.17. The third kappa shape index (κ3) is 4.68. The fourth-order valence-corrected chi connectivity index (χ4v) is 2.85. The zero-order valence-electron chi connectivity index (χ0n) is 16.6. The quantitative estimate of drug-likeness (QED) is 0.643. The van der Waals surface area contributed by atoms with Crippen molar-refractivity contribution in [3.05, 3.63) is 87.6 Å². The molecule has 150 valence electrons. The summed E-state index contributed by atoms with van der Waals surface area (Å²) in [6, 6.07) is 14.9.